The van der Waals surface area contributed by atoms with Gasteiger partial charge in [0.25, 0.3) is 0 Å². The summed E-state index contributed by atoms with van der Waals surface area (Å²) in [5.41, 5.74) is 4.75. The summed E-state index contributed by atoms with van der Waals surface area (Å²) in [6.07, 6.45) is -0.362. The van der Waals surface area contributed by atoms with Crippen molar-refractivity contribution in [3.05, 3.63) is 41.0 Å². The molecule has 0 bridgehead atoms. The van der Waals surface area contributed by atoms with Crippen molar-refractivity contribution in [2.45, 2.75) is 51.8 Å². The molecular formula is C20H29N3O8P2S. The van der Waals surface area contributed by atoms with E-state index in [1.54, 1.807) is 23.8 Å². The van der Waals surface area contributed by atoms with Crippen LogP contribution < -0.4 is 10.6 Å². The summed E-state index contributed by atoms with van der Waals surface area (Å²) in [5, 5.41) is 5.84. The van der Waals surface area contributed by atoms with Crippen LogP contribution in [0.4, 0.5) is 0 Å². The number of aryl methyl sites for hydroxylation is 1. The Hall–Kier alpha value is -1.46. The number of benzene rings is 1. The minimum Gasteiger partial charge on any atom is -0.348 e. The van der Waals surface area contributed by atoms with Gasteiger partial charge in [-0.2, -0.15) is 4.31 Å². The van der Waals surface area contributed by atoms with Crippen LogP contribution in [0.5, 0.6) is 0 Å². The lowest BCUT2D eigenvalue weighted by Crippen LogP contribution is -2.41. The maximum Gasteiger partial charge on any atom is 0.481 e. The number of carbonyl (C=O) groups excluding carboxylic acids is 1. The molecule has 1 aliphatic heterocycles. The van der Waals surface area contributed by atoms with Crippen molar-refractivity contribution in [2.24, 2.45) is 0 Å². The normalized spacial score (nSPS) is 22.6. The Bertz CT molecular complexity index is 1080. The van der Waals surface area contributed by atoms with E-state index in [1.165, 1.54) is 0 Å². The quantitative estimate of drug-likeness (QED) is 0.314. The summed E-state index contributed by atoms with van der Waals surface area (Å²) in [5.74, 6) is -0.297. The minimum absolute atomic E-state index is 0.0849. The van der Waals surface area contributed by atoms with Gasteiger partial charge in [0.15, 0.2) is 0 Å². The minimum atomic E-state index is -4.88. The van der Waals surface area contributed by atoms with Gasteiger partial charge in [-0.15, -0.1) is 11.3 Å². The Kier molecular flexibility index (Phi) is 9.19. The number of rotatable bonds is 11. The second-order valence-corrected chi connectivity index (χ2v) is 11.7. The SMILES string of the molecule is CCCOP(=O)(O)OP(=O)(O)O[C@H]1CN[C@H](C(=O)N[C@@H](C)c2ccc(-c3scnc3C)cc2)C1. The van der Waals surface area contributed by atoms with Crippen LogP contribution in [0, 0.1) is 6.92 Å². The summed E-state index contributed by atoms with van der Waals surface area (Å²) >= 11 is 1.57. The van der Waals surface area contributed by atoms with Gasteiger partial charge < -0.3 is 20.4 Å². The maximum absolute atomic E-state index is 12.7. The number of thiazole rings is 1. The molecule has 2 unspecified atom stereocenters. The first-order valence-electron chi connectivity index (χ1n) is 10.7. The van der Waals surface area contributed by atoms with Gasteiger partial charge >= 0.3 is 15.6 Å². The Morgan fingerprint density at radius 1 is 1.29 bits per heavy atom. The summed E-state index contributed by atoms with van der Waals surface area (Å²) in [6.45, 7) is 5.49. The highest BCUT2D eigenvalue weighted by atomic mass is 32.1. The molecule has 2 heterocycles. The predicted molar refractivity (Wildman–Crippen MR) is 127 cm³/mol. The first-order chi connectivity index (χ1) is 16.0. The maximum atomic E-state index is 12.7. The van der Waals surface area contributed by atoms with E-state index in [0.29, 0.717) is 6.42 Å². The largest absolute Gasteiger partial charge is 0.481 e. The van der Waals surface area contributed by atoms with Crippen LogP contribution in [0.15, 0.2) is 29.8 Å². The van der Waals surface area contributed by atoms with Crippen molar-refractivity contribution in [3.63, 3.8) is 0 Å². The van der Waals surface area contributed by atoms with Crippen LogP contribution in [0.1, 0.15) is 44.0 Å². The zero-order valence-corrected chi connectivity index (χ0v) is 21.6. The van der Waals surface area contributed by atoms with Crippen LogP contribution in [0.3, 0.4) is 0 Å². The van der Waals surface area contributed by atoms with E-state index in [1.807, 2.05) is 38.1 Å². The molecule has 0 aliphatic carbocycles. The predicted octanol–water partition coefficient (Wildman–Crippen LogP) is 3.69. The summed E-state index contributed by atoms with van der Waals surface area (Å²) in [4.78, 5) is 37.4. The fraction of sp³-hybridized carbons (Fsp3) is 0.500. The summed E-state index contributed by atoms with van der Waals surface area (Å²) in [7, 11) is -9.62. The van der Waals surface area contributed by atoms with Crippen molar-refractivity contribution in [2.75, 3.05) is 13.2 Å². The molecular weight excluding hydrogens is 504 g/mol. The molecule has 0 radical (unpaired) electrons. The lowest BCUT2D eigenvalue weighted by Gasteiger charge is -2.19. The fourth-order valence-electron chi connectivity index (χ4n) is 3.45. The standard InChI is InChI=1S/C20H29N3O8P2S/c1-4-9-29-32(25,26)31-33(27,28)30-17-10-18(21-11-17)20(24)23-13(2)15-5-7-16(8-6-15)19-14(3)22-12-34-19/h5-8,12-13,17-18,21H,4,9-11H2,1-3H3,(H,23,24)(H,25,26)(H,27,28)/t13-,17+,18-/m0/s1. The van der Waals surface area contributed by atoms with E-state index in [4.69, 9.17) is 4.52 Å². The molecule has 11 nitrogen and oxygen atoms in total. The third-order valence-electron chi connectivity index (χ3n) is 5.13. The number of nitrogens with zero attached hydrogens (tertiary/aromatic N) is 1. The van der Waals surface area contributed by atoms with Crippen molar-refractivity contribution in [3.8, 4) is 10.4 Å². The average molecular weight is 533 g/mol. The first-order valence-corrected chi connectivity index (χ1v) is 14.6. The van der Waals surface area contributed by atoms with Gasteiger partial charge in [0.1, 0.15) is 0 Å². The number of nitrogens with one attached hydrogen (secondary N) is 2. The molecule has 5 atom stereocenters. The number of aromatic nitrogens is 1. The van der Waals surface area contributed by atoms with E-state index in [9.17, 15) is 23.7 Å². The van der Waals surface area contributed by atoms with Gasteiger partial charge in [-0.05, 0) is 37.8 Å². The van der Waals surface area contributed by atoms with E-state index in [2.05, 4.69) is 24.5 Å². The second kappa shape index (κ2) is 11.5. The summed E-state index contributed by atoms with van der Waals surface area (Å²) < 4.78 is 37.6. The number of hydrogen-bond acceptors (Lipinski definition) is 9. The molecule has 34 heavy (non-hydrogen) atoms. The molecule has 1 amide bonds. The lowest BCUT2D eigenvalue weighted by atomic mass is 10.0. The zero-order chi connectivity index (χ0) is 24.9. The third-order valence-corrected chi connectivity index (χ3v) is 8.83. The molecule has 0 spiro atoms. The van der Waals surface area contributed by atoms with Gasteiger partial charge in [0.05, 0.1) is 40.9 Å². The number of phosphoric acid groups is 2. The number of amides is 1. The lowest BCUT2D eigenvalue weighted by molar-refractivity contribution is -0.123. The van der Waals surface area contributed by atoms with E-state index in [0.717, 1.165) is 21.7 Å². The number of phosphoric ester groups is 2. The highest BCUT2D eigenvalue weighted by Crippen LogP contribution is 2.61. The van der Waals surface area contributed by atoms with Crippen molar-refractivity contribution in [1.29, 1.82) is 0 Å². The number of carbonyl (C=O) groups is 1. The van der Waals surface area contributed by atoms with Crippen molar-refractivity contribution >= 4 is 32.9 Å². The molecule has 2 aromatic rings. The zero-order valence-electron chi connectivity index (χ0n) is 19.0. The molecule has 14 heteroatoms. The van der Waals surface area contributed by atoms with E-state index < -0.39 is 27.8 Å². The third kappa shape index (κ3) is 7.52. The molecule has 1 fully saturated rings. The molecule has 0 saturated carbocycles. The Morgan fingerprint density at radius 3 is 2.62 bits per heavy atom. The monoisotopic (exact) mass is 533 g/mol. The highest BCUT2D eigenvalue weighted by Gasteiger charge is 2.40. The second-order valence-electron chi connectivity index (χ2n) is 7.90. The number of hydrogen-bond donors (Lipinski definition) is 4. The van der Waals surface area contributed by atoms with Crippen LogP contribution in [0.2, 0.25) is 0 Å². The molecule has 1 aromatic heterocycles. The average Bonchev–Trinajstić information content (AvgIpc) is 3.40. The van der Waals surface area contributed by atoms with Crippen molar-refractivity contribution in [1.82, 2.24) is 15.6 Å². The molecule has 1 aliphatic rings. The fourth-order valence-corrected chi connectivity index (χ4v) is 6.60. The van der Waals surface area contributed by atoms with Gasteiger partial charge in [0, 0.05) is 6.54 Å². The van der Waals surface area contributed by atoms with Crippen molar-refractivity contribution < 1.29 is 37.1 Å². The van der Waals surface area contributed by atoms with E-state index in [-0.39, 0.29) is 31.5 Å². The van der Waals surface area contributed by atoms with Crippen LogP contribution in [-0.4, -0.2) is 46.0 Å². The highest BCUT2D eigenvalue weighted by molar-refractivity contribution is 7.61. The Balaban J connectivity index is 1.51. The van der Waals surface area contributed by atoms with Crippen LogP contribution in [0.25, 0.3) is 10.4 Å². The summed E-state index contributed by atoms with van der Waals surface area (Å²) in [6, 6.07) is 6.93. The van der Waals surface area contributed by atoms with Gasteiger partial charge in [-0.25, -0.2) is 14.1 Å². The molecule has 4 N–H and O–H groups in total. The first kappa shape index (κ1) is 27.1. The van der Waals surface area contributed by atoms with Gasteiger partial charge in [-0.3, -0.25) is 13.8 Å². The van der Waals surface area contributed by atoms with E-state index >= 15 is 0 Å². The molecule has 1 saturated heterocycles. The topological polar surface area (TPSA) is 156 Å². The molecule has 1 aromatic carbocycles. The van der Waals surface area contributed by atoms with Gasteiger partial charge in [0.2, 0.25) is 5.91 Å². The molecule has 3 rings (SSSR count). The smallest absolute Gasteiger partial charge is 0.348 e. The van der Waals surface area contributed by atoms with Gasteiger partial charge in [-0.1, -0.05) is 31.2 Å². The Morgan fingerprint density at radius 2 is 2.00 bits per heavy atom. The van der Waals surface area contributed by atoms with Crippen LogP contribution in [-0.2, 0) is 27.3 Å². The Labute approximate surface area is 202 Å². The molecule has 188 valence electrons. The van der Waals surface area contributed by atoms with Crippen LogP contribution >= 0.6 is 27.0 Å².